The fourth-order valence-corrected chi connectivity index (χ4v) is 4.88. The fourth-order valence-electron chi connectivity index (χ4n) is 3.69. The second-order valence-electron chi connectivity index (χ2n) is 8.66. The molecule has 0 spiro atoms. The molecule has 0 N–H and O–H groups in total. The Kier molecular flexibility index (Phi) is 12.2. The molecular formula is C22H39O4Si. The highest BCUT2D eigenvalue weighted by Crippen LogP contribution is 2.31. The lowest BCUT2D eigenvalue weighted by Gasteiger charge is -2.34. The van der Waals surface area contributed by atoms with Gasteiger partial charge in [-0.3, -0.25) is 9.59 Å². The zero-order valence-electron chi connectivity index (χ0n) is 17.7. The lowest BCUT2D eigenvalue weighted by molar-refractivity contribution is -0.132. The van der Waals surface area contributed by atoms with Gasteiger partial charge in [-0.1, -0.05) is 39.0 Å². The topological polar surface area (TPSA) is 52.6 Å². The minimum Gasteiger partial charge on any atom is -0.464 e. The number of unbranched alkanes of at least 4 members (excludes halogenated alkanes) is 2. The van der Waals surface area contributed by atoms with E-state index in [-0.39, 0.29) is 18.0 Å². The van der Waals surface area contributed by atoms with Crippen molar-refractivity contribution in [2.75, 3.05) is 0 Å². The molecule has 0 aliphatic heterocycles. The summed E-state index contributed by atoms with van der Waals surface area (Å²) in [5.41, 5.74) is 0. The number of carbonyl (C=O) groups excluding carboxylic acids is 2. The molecule has 1 saturated carbocycles. The van der Waals surface area contributed by atoms with Gasteiger partial charge in [0, 0.05) is 19.3 Å². The van der Waals surface area contributed by atoms with E-state index in [1.807, 2.05) is 6.42 Å². The summed E-state index contributed by atoms with van der Waals surface area (Å²) in [4.78, 5) is 23.2. The average molecular weight is 396 g/mol. The van der Waals surface area contributed by atoms with Crippen LogP contribution in [-0.4, -0.2) is 32.8 Å². The second kappa shape index (κ2) is 13.5. The molecular weight excluding hydrogens is 356 g/mol. The molecule has 0 unspecified atom stereocenters. The minimum absolute atomic E-state index is 0.0423. The molecule has 155 valence electrons. The number of hydrogen-bond acceptors (Lipinski definition) is 4. The standard InChI is InChI=1S/C22H39O4Si/c1-5-6-8-15-21(25-18-23)16-11-14-20(24)17-22(26-27(2,3)4)19-12-9-7-10-13-19/h11,14,16,18-19,21-22H,5-10,12-13,15,17H2,1-4H3/t21-,22-/m1/s1. The Morgan fingerprint density at radius 3 is 2.44 bits per heavy atom. The van der Waals surface area contributed by atoms with Crippen LogP contribution in [0.4, 0.5) is 0 Å². The molecule has 3 radical (unpaired) electrons. The third-order valence-corrected chi connectivity index (χ3v) is 6.02. The van der Waals surface area contributed by atoms with Crippen LogP contribution in [0.5, 0.6) is 0 Å². The van der Waals surface area contributed by atoms with E-state index >= 15 is 0 Å². The second-order valence-corrected chi connectivity index (χ2v) is 13.1. The molecule has 1 aliphatic rings. The molecule has 0 aromatic carbocycles. The SMILES string of the molecule is CCCCC[C@H]([CH][CH][CH]C(=O)C[C@@H](O[Si](C)(C)C)C1CCCCC1)OC=O. The van der Waals surface area contributed by atoms with Crippen LogP contribution in [0.15, 0.2) is 0 Å². The van der Waals surface area contributed by atoms with Gasteiger partial charge in [0.05, 0.1) is 6.10 Å². The smallest absolute Gasteiger partial charge is 0.293 e. The van der Waals surface area contributed by atoms with Crippen molar-refractivity contribution in [3.63, 3.8) is 0 Å². The first kappa shape index (κ1) is 24.4. The van der Waals surface area contributed by atoms with Crippen LogP contribution in [0.25, 0.3) is 0 Å². The number of ketones is 1. The first-order valence-corrected chi connectivity index (χ1v) is 14.1. The first-order valence-electron chi connectivity index (χ1n) is 10.7. The molecule has 1 aliphatic carbocycles. The lowest BCUT2D eigenvalue weighted by Crippen LogP contribution is -2.38. The van der Waals surface area contributed by atoms with E-state index in [0.29, 0.717) is 18.8 Å². The highest BCUT2D eigenvalue weighted by molar-refractivity contribution is 6.69. The minimum atomic E-state index is -1.69. The quantitative estimate of drug-likeness (QED) is 0.209. The molecule has 0 heterocycles. The number of Topliss-reactive ketones (excluding diaryl/α,β-unsaturated/α-hetero) is 1. The predicted octanol–water partition coefficient (Wildman–Crippen LogP) is 5.48. The van der Waals surface area contributed by atoms with Gasteiger partial charge in [0.25, 0.3) is 6.47 Å². The van der Waals surface area contributed by atoms with Crippen molar-refractivity contribution in [3.8, 4) is 0 Å². The molecule has 1 fully saturated rings. The Morgan fingerprint density at radius 1 is 1.15 bits per heavy atom. The van der Waals surface area contributed by atoms with Crippen molar-refractivity contribution in [1.29, 1.82) is 0 Å². The Balaban J connectivity index is 2.43. The van der Waals surface area contributed by atoms with E-state index in [1.54, 1.807) is 12.8 Å². The van der Waals surface area contributed by atoms with Crippen LogP contribution in [0.3, 0.4) is 0 Å². The summed E-state index contributed by atoms with van der Waals surface area (Å²) in [5.74, 6) is 0.602. The van der Waals surface area contributed by atoms with E-state index in [2.05, 4.69) is 26.6 Å². The third kappa shape index (κ3) is 11.7. The van der Waals surface area contributed by atoms with E-state index in [4.69, 9.17) is 9.16 Å². The van der Waals surface area contributed by atoms with Crippen LogP contribution in [0.2, 0.25) is 19.6 Å². The molecule has 5 heteroatoms. The van der Waals surface area contributed by atoms with Crippen LogP contribution < -0.4 is 0 Å². The van der Waals surface area contributed by atoms with E-state index in [0.717, 1.165) is 25.7 Å². The van der Waals surface area contributed by atoms with Gasteiger partial charge in [-0.15, -0.1) is 0 Å². The molecule has 0 amide bonds. The maximum absolute atomic E-state index is 12.5. The van der Waals surface area contributed by atoms with Crippen molar-refractivity contribution in [1.82, 2.24) is 0 Å². The van der Waals surface area contributed by atoms with Gasteiger partial charge in [-0.25, -0.2) is 0 Å². The van der Waals surface area contributed by atoms with Crippen LogP contribution in [-0.2, 0) is 18.8 Å². The number of hydrogen-bond donors (Lipinski definition) is 0. The highest BCUT2D eigenvalue weighted by atomic mass is 28.4. The number of rotatable bonds is 15. The van der Waals surface area contributed by atoms with Gasteiger partial charge in [-0.2, -0.15) is 0 Å². The third-order valence-electron chi connectivity index (χ3n) is 5.01. The van der Waals surface area contributed by atoms with Gasteiger partial charge in [0.15, 0.2) is 8.32 Å². The maximum atomic E-state index is 12.5. The van der Waals surface area contributed by atoms with Crippen molar-refractivity contribution in [2.45, 2.75) is 103 Å². The number of carbonyl (C=O) groups is 2. The summed E-state index contributed by atoms with van der Waals surface area (Å²) >= 11 is 0. The summed E-state index contributed by atoms with van der Waals surface area (Å²) in [6, 6.07) is 0. The van der Waals surface area contributed by atoms with E-state index in [1.165, 1.54) is 32.1 Å². The monoisotopic (exact) mass is 395 g/mol. The molecule has 27 heavy (non-hydrogen) atoms. The van der Waals surface area contributed by atoms with Gasteiger partial charge >= 0.3 is 0 Å². The maximum Gasteiger partial charge on any atom is 0.293 e. The fraction of sp³-hybridized carbons (Fsp3) is 0.773. The molecule has 0 bridgehead atoms. The summed E-state index contributed by atoms with van der Waals surface area (Å²) in [5, 5.41) is 0. The Morgan fingerprint density at radius 2 is 1.85 bits per heavy atom. The van der Waals surface area contributed by atoms with E-state index in [9.17, 15) is 9.59 Å². The Bertz CT molecular complexity index is 413. The van der Waals surface area contributed by atoms with Crippen LogP contribution >= 0.6 is 0 Å². The summed E-state index contributed by atoms with van der Waals surface area (Å²) < 4.78 is 11.5. The normalized spacial score (nSPS) is 18.1. The van der Waals surface area contributed by atoms with Crippen molar-refractivity contribution in [2.24, 2.45) is 5.92 Å². The average Bonchev–Trinajstić information content (AvgIpc) is 2.61. The summed E-state index contributed by atoms with van der Waals surface area (Å²) in [7, 11) is -1.69. The zero-order valence-corrected chi connectivity index (χ0v) is 18.7. The van der Waals surface area contributed by atoms with Crippen LogP contribution in [0, 0.1) is 25.2 Å². The molecule has 0 aromatic heterocycles. The molecule has 1 rings (SSSR count). The lowest BCUT2D eigenvalue weighted by atomic mass is 9.83. The van der Waals surface area contributed by atoms with Gasteiger partial charge < -0.3 is 9.16 Å². The molecule has 0 saturated heterocycles. The van der Waals surface area contributed by atoms with Crippen molar-refractivity contribution in [3.05, 3.63) is 19.3 Å². The Labute approximate surface area is 167 Å². The number of ether oxygens (including phenoxy) is 1. The zero-order chi connectivity index (χ0) is 20.1. The Hall–Kier alpha value is -0.683. The molecule has 2 atom stereocenters. The molecule has 4 nitrogen and oxygen atoms in total. The van der Waals surface area contributed by atoms with Gasteiger partial charge in [0.1, 0.15) is 11.9 Å². The molecule has 0 aromatic rings. The van der Waals surface area contributed by atoms with Gasteiger partial charge in [-0.05, 0) is 57.7 Å². The van der Waals surface area contributed by atoms with Crippen LogP contribution in [0.1, 0.15) is 71.1 Å². The van der Waals surface area contributed by atoms with Crippen molar-refractivity contribution >= 4 is 20.6 Å². The highest BCUT2D eigenvalue weighted by Gasteiger charge is 2.30. The predicted molar refractivity (Wildman–Crippen MR) is 112 cm³/mol. The first-order chi connectivity index (χ1) is 12.9. The largest absolute Gasteiger partial charge is 0.464 e. The summed E-state index contributed by atoms with van der Waals surface area (Å²) in [6.45, 7) is 9.20. The van der Waals surface area contributed by atoms with Crippen molar-refractivity contribution < 1.29 is 18.8 Å². The summed E-state index contributed by atoms with van der Waals surface area (Å²) in [6.07, 6.45) is 15.6. The van der Waals surface area contributed by atoms with Gasteiger partial charge in [0.2, 0.25) is 0 Å². The van der Waals surface area contributed by atoms with E-state index < -0.39 is 8.32 Å².